The Balaban J connectivity index is 2.12. The summed E-state index contributed by atoms with van der Waals surface area (Å²) in [5, 5.41) is 10.4. The standard InChI is InChI=1S/C16H18FNO2/c1-16(19,13-5-3-2-4-6-13)11-20-15-8-7-14(17)9-12(15)10-18/h2-9,19H,10-11,18H2,1H3. The van der Waals surface area contributed by atoms with Gasteiger partial charge in [-0.25, -0.2) is 4.39 Å². The monoisotopic (exact) mass is 275 g/mol. The van der Waals surface area contributed by atoms with Crippen LogP contribution in [-0.4, -0.2) is 11.7 Å². The Morgan fingerprint density at radius 3 is 2.55 bits per heavy atom. The van der Waals surface area contributed by atoms with Gasteiger partial charge in [0.1, 0.15) is 23.8 Å². The Morgan fingerprint density at radius 2 is 1.90 bits per heavy atom. The lowest BCUT2D eigenvalue weighted by Gasteiger charge is -2.24. The topological polar surface area (TPSA) is 55.5 Å². The molecule has 3 N–H and O–H groups in total. The summed E-state index contributed by atoms with van der Waals surface area (Å²) in [5.74, 6) is 0.137. The van der Waals surface area contributed by atoms with Gasteiger partial charge in [-0.3, -0.25) is 0 Å². The minimum atomic E-state index is -1.12. The average molecular weight is 275 g/mol. The minimum absolute atomic E-state index is 0.0651. The third-order valence-electron chi connectivity index (χ3n) is 3.15. The molecule has 20 heavy (non-hydrogen) atoms. The molecule has 0 aliphatic heterocycles. The van der Waals surface area contributed by atoms with Crippen molar-refractivity contribution in [1.29, 1.82) is 0 Å². The summed E-state index contributed by atoms with van der Waals surface area (Å²) in [4.78, 5) is 0. The maximum atomic E-state index is 13.1. The van der Waals surface area contributed by atoms with Crippen molar-refractivity contribution in [2.75, 3.05) is 6.61 Å². The molecule has 0 aliphatic rings. The van der Waals surface area contributed by atoms with E-state index in [1.807, 2.05) is 30.3 Å². The van der Waals surface area contributed by atoms with Crippen molar-refractivity contribution in [3.8, 4) is 5.75 Å². The first-order valence-corrected chi connectivity index (χ1v) is 6.42. The summed E-state index contributed by atoms with van der Waals surface area (Å²) in [6.07, 6.45) is 0. The summed E-state index contributed by atoms with van der Waals surface area (Å²) >= 11 is 0. The van der Waals surface area contributed by atoms with Crippen LogP contribution in [0.3, 0.4) is 0 Å². The predicted octanol–water partition coefficient (Wildman–Crippen LogP) is 2.57. The molecule has 1 atom stereocenters. The SMILES string of the molecule is CC(O)(COc1ccc(F)cc1CN)c1ccccc1. The third kappa shape index (κ3) is 3.35. The van der Waals surface area contributed by atoms with Crippen LogP contribution in [0.15, 0.2) is 48.5 Å². The Bertz CT molecular complexity index is 570. The van der Waals surface area contributed by atoms with Gasteiger partial charge in [0.15, 0.2) is 0 Å². The lowest BCUT2D eigenvalue weighted by atomic mass is 9.97. The van der Waals surface area contributed by atoms with E-state index in [0.29, 0.717) is 11.3 Å². The third-order valence-corrected chi connectivity index (χ3v) is 3.15. The molecule has 1 unspecified atom stereocenters. The van der Waals surface area contributed by atoms with Crippen molar-refractivity contribution in [2.24, 2.45) is 5.73 Å². The Labute approximate surface area is 117 Å². The van der Waals surface area contributed by atoms with E-state index in [2.05, 4.69) is 0 Å². The first-order valence-electron chi connectivity index (χ1n) is 6.42. The van der Waals surface area contributed by atoms with Crippen LogP contribution in [0.4, 0.5) is 4.39 Å². The van der Waals surface area contributed by atoms with Crippen LogP contribution >= 0.6 is 0 Å². The van der Waals surface area contributed by atoms with Crippen molar-refractivity contribution in [3.05, 3.63) is 65.5 Å². The first-order chi connectivity index (χ1) is 9.53. The molecule has 0 heterocycles. The van der Waals surface area contributed by atoms with E-state index in [9.17, 15) is 9.50 Å². The highest BCUT2D eigenvalue weighted by atomic mass is 19.1. The number of nitrogens with two attached hydrogens (primary N) is 1. The van der Waals surface area contributed by atoms with Crippen LogP contribution in [0, 0.1) is 5.82 Å². The van der Waals surface area contributed by atoms with E-state index in [1.165, 1.54) is 18.2 Å². The number of hydrogen-bond donors (Lipinski definition) is 2. The highest BCUT2D eigenvalue weighted by Gasteiger charge is 2.24. The van der Waals surface area contributed by atoms with Gasteiger partial charge in [0, 0.05) is 12.1 Å². The predicted molar refractivity (Wildman–Crippen MR) is 75.8 cm³/mol. The maximum Gasteiger partial charge on any atom is 0.124 e. The first kappa shape index (κ1) is 14.5. The smallest absolute Gasteiger partial charge is 0.124 e. The summed E-state index contributed by atoms with van der Waals surface area (Å²) in [5.41, 5.74) is 5.78. The second-order valence-electron chi connectivity index (χ2n) is 4.88. The molecule has 4 heteroatoms. The van der Waals surface area contributed by atoms with Crippen LogP contribution in [0.2, 0.25) is 0 Å². The van der Waals surface area contributed by atoms with Crippen molar-refractivity contribution in [2.45, 2.75) is 19.1 Å². The fourth-order valence-electron chi connectivity index (χ4n) is 1.95. The van der Waals surface area contributed by atoms with Gasteiger partial charge >= 0.3 is 0 Å². The maximum absolute atomic E-state index is 13.1. The van der Waals surface area contributed by atoms with Crippen LogP contribution in [0.25, 0.3) is 0 Å². The van der Waals surface area contributed by atoms with Gasteiger partial charge in [-0.05, 0) is 30.7 Å². The number of halogens is 1. The molecule has 2 rings (SSSR count). The molecule has 2 aromatic carbocycles. The molecule has 0 fully saturated rings. The largest absolute Gasteiger partial charge is 0.490 e. The van der Waals surface area contributed by atoms with E-state index >= 15 is 0 Å². The van der Waals surface area contributed by atoms with Crippen molar-refractivity contribution >= 4 is 0 Å². The number of benzene rings is 2. The summed E-state index contributed by atoms with van der Waals surface area (Å²) in [6.45, 7) is 1.92. The normalized spacial score (nSPS) is 13.8. The molecule has 0 radical (unpaired) electrons. The van der Waals surface area contributed by atoms with Crippen molar-refractivity contribution in [3.63, 3.8) is 0 Å². The Morgan fingerprint density at radius 1 is 1.20 bits per heavy atom. The van der Waals surface area contributed by atoms with Crippen LogP contribution in [0.5, 0.6) is 5.75 Å². The van der Waals surface area contributed by atoms with E-state index in [-0.39, 0.29) is 19.0 Å². The van der Waals surface area contributed by atoms with Crippen LogP contribution < -0.4 is 10.5 Å². The number of rotatable bonds is 5. The van der Waals surface area contributed by atoms with E-state index in [0.717, 1.165) is 5.56 Å². The molecule has 0 amide bonds. The highest BCUT2D eigenvalue weighted by molar-refractivity contribution is 5.34. The van der Waals surface area contributed by atoms with Gasteiger partial charge < -0.3 is 15.6 Å². The number of aliphatic hydroxyl groups is 1. The molecule has 106 valence electrons. The number of ether oxygens (including phenoxy) is 1. The number of hydrogen-bond acceptors (Lipinski definition) is 3. The molecule has 3 nitrogen and oxygen atoms in total. The molecule has 0 spiro atoms. The van der Waals surface area contributed by atoms with Gasteiger partial charge in [0.05, 0.1) is 0 Å². The lowest BCUT2D eigenvalue weighted by Crippen LogP contribution is -2.29. The van der Waals surface area contributed by atoms with Gasteiger partial charge in [-0.2, -0.15) is 0 Å². The molecular formula is C16H18FNO2. The molecule has 0 aliphatic carbocycles. The van der Waals surface area contributed by atoms with Gasteiger partial charge in [0.25, 0.3) is 0 Å². The van der Waals surface area contributed by atoms with Gasteiger partial charge in [-0.1, -0.05) is 30.3 Å². The molecule has 0 saturated carbocycles. The second kappa shape index (κ2) is 6.03. The van der Waals surface area contributed by atoms with Crippen LogP contribution in [-0.2, 0) is 12.1 Å². The van der Waals surface area contributed by atoms with E-state index in [4.69, 9.17) is 10.5 Å². The summed E-state index contributed by atoms with van der Waals surface area (Å²) in [6, 6.07) is 13.4. The van der Waals surface area contributed by atoms with Gasteiger partial charge in [-0.15, -0.1) is 0 Å². The average Bonchev–Trinajstić information content (AvgIpc) is 2.46. The second-order valence-corrected chi connectivity index (χ2v) is 4.88. The highest BCUT2D eigenvalue weighted by Crippen LogP contribution is 2.24. The molecule has 0 bridgehead atoms. The van der Waals surface area contributed by atoms with E-state index < -0.39 is 5.60 Å². The molecule has 0 saturated heterocycles. The zero-order valence-electron chi connectivity index (χ0n) is 11.3. The van der Waals surface area contributed by atoms with Crippen LogP contribution in [0.1, 0.15) is 18.1 Å². The quantitative estimate of drug-likeness (QED) is 0.881. The van der Waals surface area contributed by atoms with E-state index in [1.54, 1.807) is 6.92 Å². The lowest BCUT2D eigenvalue weighted by molar-refractivity contribution is 0.00729. The minimum Gasteiger partial charge on any atom is -0.490 e. The fraction of sp³-hybridized carbons (Fsp3) is 0.250. The Kier molecular flexibility index (Phi) is 4.37. The van der Waals surface area contributed by atoms with Crippen molar-refractivity contribution < 1.29 is 14.2 Å². The van der Waals surface area contributed by atoms with Gasteiger partial charge in [0.2, 0.25) is 0 Å². The summed E-state index contributed by atoms with van der Waals surface area (Å²) in [7, 11) is 0. The molecule has 0 aromatic heterocycles. The fourth-order valence-corrected chi connectivity index (χ4v) is 1.95. The Hall–Kier alpha value is -1.91. The zero-order valence-corrected chi connectivity index (χ0v) is 11.3. The van der Waals surface area contributed by atoms with Crippen molar-refractivity contribution in [1.82, 2.24) is 0 Å². The zero-order chi connectivity index (χ0) is 14.6. The molecular weight excluding hydrogens is 257 g/mol. The summed E-state index contributed by atoms with van der Waals surface area (Å²) < 4.78 is 18.7. The molecule has 2 aromatic rings.